The molecule has 0 amide bonds. The van der Waals surface area contributed by atoms with Crippen molar-refractivity contribution in [2.24, 2.45) is 5.73 Å². The first-order valence-electron chi connectivity index (χ1n) is 9.36. The molecule has 32 heavy (non-hydrogen) atoms. The monoisotopic (exact) mass is 489 g/mol. The first-order chi connectivity index (χ1) is 15.0. The van der Waals surface area contributed by atoms with Crippen molar-refractivity contribution in [3.05, 3.63) is 72.5 Å². The molecule has 0 saturated heterocycles. The highest BCUT2D eigenvalue weighted by Crippen LogP contribution is 2.41. The van der Waals surface area contributed by atoms with E-state index in [4.69, 9.17) is 26.8 Å². The van der Waals surface area contributed by atoms with E-state index in [9.17, 15) is 21.6 Å². The lowest BCUT2D eigenvalue weighted by molar-refractivity contribution is -0.106. The van der Waals surface area contributed by atoms with E-state index in [0.29, 0.717) is 22.8 Å². The number of benzene rings is 2. The Morgan fingerprint density at radius 1 is 1.09 bits per heavy atom. The van der Waals surface area contributed by atoms with Gasteiger partial charge in [-0.15, -0.1) is 3.89 Å². The Balaban J connectivity index is 2.07. The van der Waals surface area contributed by atoms with Gasteiger partial charge in [0.25, 0.3) is 0 Å². The molecule has 1 aliphatic heterocycles. The second kappa shape index (κ2) is 9.14. The molecule has 0 spiro atoms. The van der Waals surface area contributed by atoms with E-state index in [1.54, 1.807) is 24.3 Å². The number of sulfonamides is 1. The maximum absolute atomic E-state index is 13.1. The number of alkyl halides is 4. The molecule has 11 heteroatoms. The van der Waals surface area contributed by atoms with Gasteiger partial charge >= 0.3 is 16.2 Å². The smallest absolute Gasteiger partial charge is 0.408 e. The molecule has 2 N–H and O–H groups in total. The Bertz CT molecular complexity index is 1130. The van der Waals surface area contributed by atoms with Crippen LogP contribution in [-0.4, -0.2) is 39.5 Å². The summed E-state index contributed by atoms with van der Waals surface area (Å²) in [7, 11) is -3.41. The van der Waals surface area contributed by atoms with Gasteiger partial charge in [0.2, 0.25) is 5.50 Å². The van der Waals surface area contributed by atoms with Gasteiger partial charge in [-0.25, -0.2) is 0 Å². The number of quaternary nitrogens is 1. The molecule has 0 radical (unpaired) electrons. The van der Waals surface area contributed by atoms with Gasteiger partial charge in [0.1, 0.15) is 11.9 Å². The van der Waals surface area contributed by atoms with Crippen molar-refractivity contribution in [3.63, 3.8) is 0 Å². The van der Waals surface area contributed by atoms with Gasteiger partial charge in [0, 0.05) is 24.3 Å². The summed E-state index contributed by atoms with van der Waals surface area (Å²) in [6.45, 7) is -0.0728. The highest BCUT2D eigenvalue weighted by Gasteiger charge is 2.54. The number of ether oxygens (including phenoxy) is 2. The highest BCUT2D eigenvalue weighted by molar-refractivity contribution is 7.91. The summed E-state index contributed by atoms with van der Waals surface area (Å²) in [5.41, 5.74) is 4.65. The lowest BCUT2D eigenvalue weighted by Crippen LogP contribution is -2.57. The standard InChI is InChI=1S/C21H21ClF3N2O4S/c1-30-18-4-2-3-5-19(18)31-17-9-7-16(8-10-17)27(32(28,29)14-21(23,24)25)13-15(12-26)6-11-20(27)22/h2-11,13,20H,12,14,26H2,1H3/q+1. The average molecular weight is 490 g/mol. The molecule has 6 nitrogen and oxygen atoms in total. The van der Waals surface area contributed by atoms with E-state index in [-0.39, 0.29) is 12.2 Å². The number of hydrogen-bond acceptors (Lipinski definition) is 5. The maximum atomic E-state index is 13.1. The summed E-state index contributed by atoms with van der Waals surface area (Å²) in [5.74, 6) is -0.834. The molecule has 1 aliphatic rings. The predicted molar refractivity (Wildman–Crippen MR) is 117 cm³/mol. The van der Waals surface area contributed by atoms with Crippen LogP contribution in [0.4, 0.5) is 18.9 Å². The number of rotatable bonds is 7. The molecule has 2 aromatic rings. The second-order valence-electron chi connectivity index (χ2n) is 6.94. The number of halogens is 4. The van der Waals surface area contributed by atoms with Crippen molar-refractivity contribution >= 4 is 27.3 Å². The van der Waals surface area contributed by atoms with E-state index in [1.165, 1.54) is 43.5 Å². The first kappa shape index (κ1) is 24.1. The third-order valence-corrected chi connectivity index (χ3v) is 7.50. The minimum Gasteiger partial charge on any atom is -0.493 e. The number of methoxy groups -OCH3 is 1. The summed E-state index contributed by atoms with van der Waals surface area (Å²) < 4.78 is 75.3. The van der Waals surface area contributed by atoms with Crippen LogP contribution in [0.5, 0.6) is 17.2 Å². The summed E-state index contributed by atoms with van der Waals surface area (Å²) in [6.07, 6.45) is -0.992. The summed E-state index contributed by atoms with van der Waals surface area (Å²) in [5, 5.41) is 0. The normalized spacial score (nSPS) is 21.2. The minimum absolute atomic E-state index is 0.0110. The van der Waals surface area contributed by atoms with Gasteiger partial charge in [-0.3, -0.25) is 0 Å². The quantitative estimate of drug-likeness (QED) is 0.347. The Morgan fingerprint density at radius 3 is 2.28 bits per heavy atom. The summed E-state index contributed by atoms with van der Waals surface area (Å²) >= 11 is 6.32. The van der Waals surface area contributed by atoms with Crippen molar-refractivity contribution in [1.82, 2.24) is 3.89 Å². The largest absolute Gasteiger partial charge is 0.493 e. The highest BCUT2D eigenvalue weighted by atomic mass is 35.5. The van der Waals surface area contributed by atoms with Crippen molar-refractivity contribution in [1.29, 1.82) is 0 Å². The van der Waals surface area contributed by atoms with E-state index >= 15 is 0 Å². The molecule has 0 saturated carbocycles. The van der Waals surface area contributed by atoms with Crippen LogP contribution in [0.25, 0.3) is 0 Å². The number of nitrogens with two attached hydrogens (primary N) is 1. The van der Waals surface area contributed by atoms with Crippen LogP contribution in [0.3, 0.4) is 0 Å². The van der Waals surface area contributed by atoms with Crippen LogP contribution in [0, 0.1) is 0 Å². The number of hydrogen-bond donors (Lipinski definition) is 1. The molecule has 172 valence electrons. The fraction of sp³-hybridized carbons (Fsp3) is 0.238. The van der Waals surface area contributed by atoms with Crippen LogP contribution in [0.2, 0.25) is 0 Å². The SMILES string of the molecule is COc1ccccc1Oc1ccc([N+]2(S(=O)(=O)CC(F)(F)F)C=C(CN)C=CC2Cl)cc1. The van der Waals surface area contributed by atoms with Gasteiger partial charge in [-0.2, -0.15) is 21.6 Å². The number of para-hydroxylation sites is 2. The van der Waals surface area contributed by atoms with E-state index in [2.05, 4.69) is 0 Å². The van der Waals surface area contributed by atoms with Gasteiger partial charge in [0.05, 0.1) is 7.11 Å². The van der Waals surface area contributed by atoms with Crippen molar-refractivity contribution in [2.45, 2.75) is 11.7 Å². The Kier molecular flexibility index (Phi) is 6.89. The molecule has 2 aromatic carbocycles. The van der Waals surface area contributed by atoms with Crippen molar-refractivity contribution < 1.29 is 31.1 Å². The fourth-order valence-electron chi connectivity index (χ4n) is 3.31. The van der Waals surface area contributed by atoms with Gasteiger partial charge < -0.3 is 15.2 Å². The van der Waals surface area contributed by atoms with Crippen molar-refractivity contribution in [2.75, 3.05) is 19.4 Å². The van der Waals surface area contributed by atoms with Crippen LogP contribution in [0.1, 0.15) is 0 Å². The van der Waals surface area contributed by atoms with E-state index < -0.39 is 31.3 Å². The third kappa shape index (κ3) is 4.78. The Hall–Kier alpha value is -2.53. The zero-order chi connectivity index (χ0) is 23.6. The molecule has 0 bridgehead atoms. The summed E-state index contributed by atoms with van der Waals surface area (Å²) in [6, 6.07) is 12.5. The van der Waals surface area contributed by atoms with Gasteiger partial charge in [-0.1, -0.05) is 23.7 Å². The van der Waals surface area contributed by atoms with E-state index in [0.717, 1.165) is 6.20 Å². The average Bonchev–Trinajstić information content (AvgIpc) is 2.73. The molecular formula is C21H21ClF3N2O4S+. The Morgan fingerprint density at radius 2 is 1.72 bits per heavy atom. The third-order valence-electron chi connectivity index (χ3n) is 4.77. The molecule has 0 aromatic heterocycles. The zero-order valence-corrected chi connectivity index (χ0v) is 18.5. The maximum Gasteiger partial charge on any atom is 0.408 e. The molecule has 2 atom stereocenters. The lowest BCUT2D eigenvalue weighted by Gasteiger charge is -2.37. The molecular weight excluding hydrogens is 469 g/mol. The topological polar surface area (TPSA) is 78.6 Å². The second-order valence-corrected chi connectivity index (χ2v) is 9.44. The first-order valence-corrected chi connectivity index (χ1v) is 11.4. The predicted octanol–water partition coefficient (Wildman–Crippen LogP) is 4.66. The minimum atomic E-state index is -4.95. The van der Waals surface area contributed by atoms with Crippen LogP contribution < -0.4 is 19.1 Å². The zero-order valence-electron chi connectivity index (χ0n) is 16.9. The van der Waals surface area contributed by atoms with Gasteiger partial charge in [-0.05, 0) is 36.4 Å². The molecule has 0 aliphatic carbocycles. The van der Waals surface area contributed by atoms with Crippen LogP contribution >= 0.6 is 11.6 Å². The fourth-order valence-corrected chi connectivity index (χ4v) is 5.66. The number of nitrogens with zero attached hydrogens (tertiary/aromatic N) is 1. The lowest BCUT2D eigenvalue weighted by atomic mass is 10.2. The summed E-state index contributed by atoms with van der Waals surface area (Å²) in [4.78, 5) is 0. The van der Waals surface area contributed by atoms with Gasteiger partial charge in [0.15, 0.2) is 22.9 Å². The van der Waals surface area contributed by atoms with Crippen molar-refractivity contribution in [3.8, 4) is 17.2 Å². The molecule has 2 unspecified atom stereocenters. The molecule has 1 heterocycles. The van der Waals surface area contributed by atoms with Crippen LogP contribution in [-0.2, 0) is 10.0 Å². The van der Waals surface area contributed by atoms with E-state index in [1.807, 2.05) is 0 Å². The molecule has 3 rings (SSSR count). The van der Waals surface area contributed by atoms with Crippen LogP contribution in [0.15, 0.2) is 72.5 Å². The Labute approximate surface area is 188 Å². The molecule has 0 fully saturated rings.